The molecule has 1 fully saturated rings. The second-order valence-electron chi connectivity index (χ2n) is 8.88. The van der Waals surface area contributed by atoms with Gasteiger partial charge in [0.25, 0.3) is 0 Å². The van der Waals surface area contributed by atoms with Gasteiger partial charge in [0.2, 0.25) is 21.8 Å². The van der Waals surface area contributed by atoms with Gasteiger partial charge >= 0.3 is 0 Å². The smallest absolute Gasteiger partial charge is 0.244 e. The summed E-state index contributed by atoms with van der Waals surface area (Å²) in [6.45, 7) is 1.33. The van der Waals surface area contributed by atoms with Crippen LogP contribution in [0.5, 0.6) is 0 Å². The van der Waals surface area contributed by atoms with Gasteiger partial charge in [-0.25, -0.2) is 8.42 Å². The van der Waals surface area contributed by atoms with Crippen molar-refractivity contribution in [3.63, 3.8) is 0 Å². The highest BCUT2D eigenvalue weighted by molar-refractivity contribution is 14.1. The van der Waals surface area contributed by atoms with Crippen molar-refractivity contribution in [1.82, 2.24) is 10.2 Å². The van der Waals surface area contributed by atoms with E-state index in [0.717, 1.165) is 39.8 Å². The first-order valence-corrected chi connectivity index (χ1v) is 14.9. The van der Waals surface area contributed by atoms with E-state index in [1.165, 1.54) is 11.3 Å². The monoisotopic (exact) mass is 631 g/mol. The summed E-state index contributed by atoms with van der Waals surface area (Å²) < 4.78 is 27.2. The fourth-order valence-electron chi connectivity index (χ4n) is 4.18. The number of hydrogen-bond donors (Lipinski definition) is 1. The van der Waals surface area contributed by atoms with Gasteiger partial charge in [-0.1, -0.05) is 49.1 Å². The van der Waals surface area contributed by atoms with Crippen LogP contribution in [0.25, 0.3) is 0 Å². The summed E-state index contributed by atoms with van der Waals surface area (Å²) in [4.78, 5) is 28.1. The van der Waals surface area contributed by atoms with Crippen LogP contribution in [0.15, 0.2) is 48.5 Å². The van der Waals surface area contributed by atoms with E-state index in [2.05, 4.69) is 27.9 Å². The van der Waals surface area contributed by atoms with Gasteiger partial charge < -0.3 is 10.2 Å². The van der Waals surface area contributed by atoms with Gasteiger partial charge in [-0.3, -0.25) is 13.9 Å². The summed E-state index contributed by atoms with van der Waals surface area (Å²) >= 11 is 8.49. The van der Waals surface area contributed by atoms with Crippen LogP contribution in [0.3, 0.4) is 0 Å². The van der Waals surface area contributed by atoms with Gasteiger partial charge in [-0.05, 0) is 78.3 Å². The topological polar surface area (TPSA) is 86.8 Å². The highest BCUT2D eigenvalue weighted by Gasteiger charge is 2.31. The van der Waals surface area contributed by atoms with Crippen LogP contribution in [-0.4, -0.2) is 50.0 Å². The summed E-state index contributed by atoms with van der Waals surface area (Å²) in [6, 6.07) is 13.3. The van der Waals surface area contributed by atoms with Gasteiger partial charge in [0, 0.05) is 21.2 Å². The van der Waals surface area contributed by atoms with Gasteiger partial charge in [0.05, 0.1) is 11.9 Å². The lowest BCUT2D eigenvalue weighted by Gasteiger charge is -2.33. The van der Waals surface area contributed by atoms with Gasteiger partial charge in [-0.15, -0.1) is 0 Å². The largest absolute Gasteiger partial charge is 0.352 e. The molecule has 1 aliphatic carbocycles. The van der Waals surface area contributed by atoms with E-state index in [0.29, 0.717) is 16.3 Å². The van der Waals surface area contributed by atoms with E-state index >= 15 is 0 Å². The first-order chi connectivity index (χ1) is 16.6. The van der Waals surface area contributed by atoms with Crippen LogP contribution in [0, 0.1) is 3.57 Å². The number of anilines is 1. The molecule has 190 valence electrons. The number of carbonyl (C=O) groups is 2. The third-order valence-corrected chi connectivity index (χ3v) is 8.44. The molecular weight excluding hydrogens is 601 g/mol. The maximum atomic E-state index is 13.6. The van der Waals surface area contributed by atoms with Crippen LogP contribution in [0.2, 0.25) is 5.02 Å². The maximum absolute atomic E-state index is 13.6. The fourth-order valence-corrected chi connectivity index (χ4v) is 5.59. The molecule has 35 heavy (non-hydrogen) atoms. The molecule has 0 heterocycles. The second kappa shape index (κ2) is 12.4. The van der Waals surface area contributed by atoms with E-state index in [-0.39, 0.29) is 18.5 Å². The van der Waals surface area contributed by atoms with E-state index in [1.54, 1.807) is 49.4 Å². The highest BCUT2D eigenvalue weighted by Crippen LogP contribution is 2.23. The number of nitrogens with one attached hydrogen (secondary N) is 1. The van der Waals surface area contributed by atoms with Crippen molar-refractivity contribution < 1.29 is 18.0 Å². The van der Waals surface area contributed by atoms with Crippen molar-refractivity contribution in [1.29, 1.82) is 0 Å². The molecule has 2 aromatic carbocycles. The number of benzene rings is 2. The Morgan fingerprint density at radius 1 is 1.09 bits per heavy atom. The summed E-state index contributed by atoms with van der Waals surface area (Å²) in [5.74, 6) is -0.738. The van der Waals surface area contributed by atoms with Gasteiger partial charge in [0.1, 0.15) is 12.6 Å². The Kier molecular flexibility index (Phi) is 9.83. The van der Waals surface area contributed by atoms with Crippen LogP contribution in [0.4, 0.5) is 5.69 Å². The molecule has 1 atom stereocenters. The molecule has 2 amide bonds. The molecular formula is C25H31ClIN3O4S. The van der Waals surface area contributed by atoms with Crippen molar-refractivity contribution in [3.8, 4) is 0 Å². The quantitative estimate of drug-likeness (QED) is 0.411. The molecule has 0 aromatic heterocycles. The van der Waals surface area contributed by atoms with Crippen LogP contribution in [-0.2, 0) is 26.2 Å². The van der Waals surface area contributed by atoms with Crippen molar-refractivity contribution in [2.45, 2.75) is 57.7 Å². The number of carbonyl (C=O) groups excluding carboxylic acids is 2. The Balaban J connectivity index is 1.87. The Bertz CT molecular complexity index is 1140. The molecule has 10 heteroatoms. The minimum absolute atomic E-state index is 0.0854. The molecule has 0 radical (unpaired) electrons. The first-order valence-electron chi connectivity index (χ1n) is 11.6. The minimum Gasteiger partial charge on any atom is -0.352 e. The van der Waals surface area contributed by atoms with E-state index in [1.807, 2.05) is 6.07 Å². The molecule has 0 bridgehead atoms. The molecule has 3 rings (SSSR count). The third-order valence-electron chi connectivity index (χ3n) is 6.21. The fraction of sp³-hybridized carbons (Fsp3) is 0.440. The molecule has 0 saturated heterocycles. The molecule has 1 unspecified atom stereocenters. The lowest BCUT2D eigenvalue weighted by atomic mass is 9.95. The number of rotatable bonds is 9. The number of nitrogens with zero attached hydrogens (tertiary/aromatic N) is 2. The molecule has 2 aromatic rings. The molecule has 7 nitrogen and oxygen atoms in total. The van der Waals surface area contributed by atoms with Crippen LogP contribution < -0.4 is 9.62 Å². The average Bonchev–Trinajstić information content (AvgIpc) is 2.82. The Morgan fingerprint density at radius 3 is 2.31 bits per heavy atom. The molecule has 1 N–H and O–H groups in total. The van der Waals surface area contributed by atoms with Crippen molar-refractivity contribution in [2.24, 2.45) is 0 Å². The zero-order valence-electron chi connectivity index (χ0n) is 19.9. The normalized spacial score (nSPS) is 15.3. The van der Waals surface area contributed by atoms with Crippen molar-refractivity contribution >= 4 is 61.7 Å². The van der Waals surface area contributed by atoms with E-state index in [4.69, 9.17) is 11.6 Å². The molecule has 1 aliphatic rings. The second-order valence-corrected chi connectivity index (χ2v) is 12.4. The summed E-state index contributed by atoms with van der Waals surface area (Å²) in [7, 11) is -3.75. The highest BCUT2D eigenvalue weighted by atomic mass is 127. The van der Waals surface area contributed by atoms with E-state index in [9.17, 15) is 18.0 Å². The lowest BCUT2D eigenvalue weighted by Crippen LogP contribution is -2.53. The van der Waals surface area contributed by atoms with Crippen LogP contribution >= 0.6 is 34.2 Å². The number of halogens is 2. The predicted octanol–water partition coefficient (Wildman–Crippen LogP) is 4.58. The molecule has 0 aliphatic heterocycles. The first kappa shape index (κ1) is 27.7. The van der Waals surface area contributed by atoms with E-state index < -0.39 is 28.5 Å². The number of sulfonamides is 1. The zero-order chi connectivity index (χ0) is 25.6. The van der Waals surface area contributed by atoms with Crippen molar-refractivity contribution in [3.05, 3.63) is 62.7 Å². The molecule has 0 spiro atoms. The SMILES string of the molecule is CC(C(=O)NC1CCCCC1)N(Cc1ccccc1Cl)C(=O)CN(c1ccc(I)cc1)S(C)(=O)=O. The summed E-state index contributed by atoms with van der Waals surface area (Å²) in [6.07, 6.45) is 6.22. The zero-order valence-corrected chi connectivity index (χ0v) is 23.6. The standard InChI is InChI=1S/C25H31ClIN3O4S/c1-18(25(32)28-21-9-4-3-5-10-21)29(16-19-8-6-7-11-23(19)26)24(31)17-30(35(2,33)34)22-14-12-20(27)13-15-22/h6-8,11-15,18,21H,3-5,9-10,16-17H2,1-2H3,(H,28,32). The van der Waals surface area contributed by atoms with Crippen LogP contribution in [0.1, 0.15) is 44.6 Å². The lowest BCUT2D eigenvalue weighted by molar-refractivity contribution is -0.139. The van der Waals surface area contributed by atoms with Gasteiger partial charge in [-0.2, -0.15) is 0 Å². The Morgan fingerprint density at radius 2 is 1.71 bits per heavy atom. The van der Waals surface area contributed by atoms with Gasteiger partial charge in [0.15, 0.2) is 0 Å². The maximum Gasteiger partial charge on any atom is 0.244 e. The average molecular weight is 632 g/mol. The minimum atomic E-state index is -3.75. The molecule has 1 saturated carbocycles. The number of hydrogen-bond acceptors (Lipinski definition) is 4. The number of amides is 2. The Hall–Kier alpha value is -1.85. The summed E-state index contributed by atoms with van der Waals surface area (Å²) in [5.41, 5.74) is 1.07. The third kappa shape index (κ3) is 7.82. The summed E-state index contributed by atoms with van der Waals surface area (Å²) in [5, 5.41) is 3.55. The Labute approximate surface area is 226 Å². The van der Waals surface area contributed by atoms with Crippen molar-refractivity contribution in [2.75, 3.05) is 17.1 Å². The predicted molar refractivity (Wildman–Crippen MR) is 148 cm³/mol.